The first-order valence-electron chi connectivity index (χ1n) is 5.50. The molecule has 18 heavy (non-hydrogen) atoms. The first kappa shape index (κ1) is 10.7. The Kier molecular flexibility index (Phi) is 2.23. The van der Waals surface area contributed by atoms with Crippen molar-refractivity contribution in [3.8, 4) is 0 Å². The minimum Gasteiger partial charge on any atom is -0.456 e. The Hall–Kier alpha value is -2.49. The molecule has 0 aliphatic carbocycles. The highest BCUT2D eigenvalue weighted by atomic mass is 16.3. The number of fused-ring (bicyclic) bond motifs is 3. The summed E-state index contributed by atoms with van der Waals surface area (Å²) in [7, 11) is 0. The van der Waals surface area contributed by atoms with E-state index in [0.717, 1.165) is 16.4 Å². The highest BCUT2D eigenvalue weighted by Gasteiger charge is 2.14. The Morgan fingerprint density at radius 3 is 2.61 bits per heavy atom. The normalized spacial score (nSPS) is 10.9. The van der Waals surface area contributed by atoms with Crippen LogP contribution in [0.15, 0.2) is 46.0 Å². The number of nitrogens with zero attached hydrogens (tertiary/aromatic N) is 1. The molecule has 0 aliphatic heterocycles. The van der Waals surface area contributed by atoms with Crippen molar-refractivity contribution in [1.29, 1.82) is 0 Å². The third-order valence-electron chi connectivity index (χ3n) is 2.97. The van der Waals surface area contributed by atoms with Crippen LogP contribution in [0.1, 0.15) is 17.3 Å². The van der Waals surface area contributed by atoms with Gasteiger partial charge in [-0.1, -0.05) is 18.2 Å². The summed E-state index contributed by atoms with van der Waals surface area (Å²) >= 11 is 0. The van der Waals surface area contributed by atoms with Crippen molar-refractivity contribution in [2.24, 2.45) is 5.18 Å². The zero-order chi connectivity index (χ0) is 12.7. The Morgan fingerprint density at radius 2 is 1.89 bits per heavy atom. The van der Waals surface area contributed by atoms with Crippen LogP contribution in [0.4, 0.5) is 5.69 Å². The predicted molar refractivity (Wildman–Crippen MR) is 69.2 cm³/mol. The number of ketones is 1. The Morgan fingerprint density at radius 1 is 1.11 bits per heavy atom. The summed E-state index contributed by atoms with van der Waals surface area (Å²) in [6.45, 7) is 1.41. The van der Waals surface area contributed by atoms with Crippen LogP contribution in [0.5, 0.6) is 0 Å². The third-order valence-corrected chi connectivity index (χ3v) is 2.97. The van der Waals surface area contributed by atoms with E-state index in [4.69, 9.17) is 4.42 Å². The average molecular weight is 239 g/mol. The fourth-order valence-corrected chi connectivity index (χ4v) is 2.12. The molecule has 0 amide bonds. The van der Waals surface area contributed by atoms with E-state index in [-0.39, 0.29) is 11.5 Å². The molecule has 0 bridgehead atoms. The first-order valence-corrected chi connectivity index (χ1v) is 5.50. The number of hydrogen-bond donors (Lipinski definition) is 0. The fourth-order valence-electron chi connectivity index (χ4n) is 2.12. The second-order valence-electron chi connectivity index (χ2n) is 4.11. The van der Waals surface area contributed by atoms with Gasteiger partial charge in [-0.05, 0) is 24.2 Å². The molecule has 3 rings (SSSR count). The van der Waals surface area contributed by atoms with Crippen LogP contribution in [0.25, 0.3) is 21.9 Å². The molecule has 88 valence electrons. The Balaban J connectivity index is 2.47. The van der Waals surface area contributed by atoms with Crippen molar-refractivity contribution in [2.45, 2.75) is 6.92 Å². The number of furan rings is 1. The number of carbonyl (C=O) groups is 1. The topological polar surface area (TPSA) is 59.6 Å². The molecule has 0 aliphatic rings. The van der Waals surface area contributed by atoms with Gasteiger partial charge in [0, 0.05) is 22.4 Å². The number of Topliss-reactive ketones (excluding diaryl/α,β-unsaturated/α-hetero) is 1. The number of hydrogen-bond acceptors (Lipinski definition) is 4. The van der Waals surface area contributed by atoms with Crippen molar-refractivity contribution in [2.75, 3.05) is 0 Å². The Bertz CT molecular complexity index is 786. The molecule has 4 nitrogen and oxygen atoms in total. The smallest absolute Gasteiger partial charge is 0.162 e. The van der Waals surface area contributed by atoms with E-state index in [9.17, 15) is 9.70 Å². The van der Waals surface area contributed by atoms with E-state index in [1.165, 1.54) is 13.0 Å². The van der Waals surface area contributed by atoms with Crippen LogP contribution in [0.2, 0.25) is 0 Å². The van der Waals surface area contributed by atoms with Gasteiger partial charge in [-0.2, -0.15) is 0 Å². The van der Waals surface area contributed by atoms with Gasteiger partial charge in [-0.3, -0.25) is 4.79 Å². The van der Waals surface area contributed by atoms with Gasteiger partial charge in [-0.15, -0.1) is 4.91 Å². The van der Waals surface area contributed by atoms with Crippen LogP contribution >= 0.6 is 0 Å². The molecular formula is C14H9NO3. The maximum Gasteiger partial charge on any atom is 0.162 e. The van der Waals surface area contributed by atoms with Gasteiger partial charge in [-0.25, -0.2) is 0 Å². The third kappa shape index (κ3) is 1.43. The molecule has 0 atom stereocenters. The molecule has 2 aromatic carbocycles. The van der Waals surface area contributed by atoms with Gasteiger partial charge in [0.05, 0.1) is 0 Å². The summed E-state index contributed by atoms with van der Waals surface area (Å²) in [5, 5.41) is 4.63. The molecule has 0 saturated carbocycles. The summed E-state index contributed by atoms with van der Waals surface area (Å²) in [6, 6.07) is 10.7. The highest BCUT2D eigenvalue weighted by molar-refractivity contribution is 6.10. The highest BCUT2D eigenvalue weighted by Crippen LogP contribution is 2.33. The average Bonchev–Trinajstić information content (AvgIpc) is 2.74. The van der Waals surface area contributed by atoms with Crippen LogP contribution in [0, 0.1) is 4.91 Å². The minimum absolute atomic E-state index is 0.119. The van der Waals surface area contributed by atoms with Crippen LogP contribution in [0.3, 0.4) is 0 Å². The van der Waals surface area contributed by atoms with Crippen molar-refractivity contribution in [3.63, 3.8) is 0 Å². The Labute approximate surface area is 102 Å². The molecule has 0 radical (unpaired) electrons. The number of rotatable bonds is 2. The van der Waals surface area contributed by atoms with Gasteiger partial charge in [0.25, 0.3) is 0 Å². The zero-order valence-corrected chi connectivity index (χ0v) is 9.64. The van der Waals surface area contributed by atoms with Crippen molar-refractivity contribution < 1.29 is 9.21 Å². The molecule has 1 aromatic heterocycles. The van der Waals surface area contributed by atoms with Gasteiger partial charge >= 0.3 is 0 Å². The largest absolute Gasteiger partial charge is 0.456 e. The lowest BCUT2D eigenvalue weighted by Gasteiger charge is -1.98. The molecule has 0 fully saturated rings. The number of nitroso groups, excluding NO2 is 1. The van der Waals surface area contributed by atoms with E-state index in [1.54, 1.807) is 6.07 Å². The van der Waals surface area contributed by atoms with Crippen molar-refractivity contribution >= 4 is 33.4 Å². The molecule has 0 N–H and O–H groups in total. The van der Waals surface area contributed by atoms with Gasteiger partial charge < -0.3 is 4.42 Å². The van der Waals surface area contributed by atoms with Gasteiger partial charge in [0.15, 0.2) is 5.78 Å². The molecule has 4 heteroatoms. The second-order valence-corrected chi connectivity index (χ2v) is 4.11. The van der Waals surface area contributed by atoms with E-state index >= 15 is 0 Å². The van der Waals surface area contributed by atoms with Crippen LogP contribution < -0.4 is 0 Å². The maximum absolute atomic E-state index is 11.5. The molecular weight excluding hydrogens is 230 g/mol. The van der Waals surface area contributed by atoms with Crippen molar-refractivity contribution in [1.82, 2.24) is 0 Å². The monoisotopic (exact) mass is 239 g/mol. The summed E-state index contributed by atoms with van der Waals surface area (Å²) in [5.41, 5.74) is 1.74. The molecule has 3 aromatic rings. The number of benzene rings is 2. The van der Waals surface area contributed by atoms with E-state index in [1.807, 2.05) is 24.3 Å². The standard InChI is InChI=1S/C14H9NO3/c1-8(16)10-6-11-9-4-2-3-5-13(9)18-14(11)7-12(10)15-17/h2-7H,1H3. The lowest BCUT2D eigenvalue weighted by molar-refractivity contribution is 0.101. The van der Waals surface area contributed by atoms with Crippen LogP contribution in [-0.2, 0) is 0 Å². The summed E-state index contributed by atoms with van der Waals surface area (Å²) in [4.78, 5) is 22.2. The number of para-hydroxylation sites is 1. The van der Waals surface area contributed by atoms with E-state index in [2.05, 4.69) is 5.18 Å². The minimum atomic E-state index is -0.184. The molecule has 0 saturated heterocycles. The van der Waals surface area contributed by atoms with E-state index < -0.39 is 0 Å². The quantitative estimate of drug-likeness (QED) is 0.497. The maximum atomic E-state index is 11.5. The summed E-state index contributed by atoms with van der Waals surface area (Å²) in [5.74, 6) is -0.184. The zero-order valence-electron chi connectivity index (χ0n) is 9.64. The summed E-state index contributed by atoms with van der Waals surface area (Å²) in [6.07, 6.45) is 0. The predicted octanol–water partition coefficient (Wildman–Crippen LogP) is 4.19. The SMILES string of the molecule is CC(=O)c1cc2c(cc1N=O)oc1ccccc12. The van der Waals surface area contributed by atoms with Gasteiger partial charge in [0.1, 0.15) is 16.9 Å². The molecule has 0 spiro atoms. The first-order chi connectivity index (χ1) is 8.70. The fraction of sp³-hybridized carbons (Fsp3) is 0.0714. The molecule has 1 heterocycles. The van der Waals surface area contributed by atoms with E-state index in [0.29, 0.717) is 11.1 Å². The number of carbonyl (C=O) groups excluding carboxylic acids is 1. The second kappa shape index (κ2) is 3.77. The lowest BCUT2D eigenvalue weighted by atomic mass is 10.1. The molecule has 0 unspecified atom stereocenters. The lowest BCUT2D eigenvalue weighted by Crippen LogP contribution is -1.91. The van der Waals surface area contributed by atoms with Gasteiger partial charge in [0.2, 0.25) is 0 Å². The van der Waals surface area contributed by atoms with Crippen LogP contribution in [-0.4, -0.2) is 5.78 Å². The van der Waals surface area contributed by atoms with Crippen molar-refractivity contribution in [3.05, 3.63) is 46.9 Å². The summed E-state index contributed by atoms with van der Waals surface area (Å²) < 4.78 is 5.62.